The molecule has 2 rings (SSSR count). The SMILES string of the molecule is CCN(CCCOc1ccc2c(C(F)(F)F)cc(=O)[nH]c2c1C)C(C)CCI. The van der Waals surface area contributed by atoms with Crippen LogP contribution >= 0.6 is 22.6 Å². The van der Waals surface area contributed by atoms with Crippen LogP contribution in [0.5, 0.6) is 5.75 Å². The number of halogens is 4. The first-order valence-electron chi connectivity index (χ1n) is 9.35. The topological polar surface area (TPSA) is 45.3 Å². The standard InChI is InChI=1S/C20H26F3IN2O2/c1-4-26(13(2)8-9-24)10-5-11-28-17-7-6-15-16(20(21,22)23)12-18(27)25-19(15)14(17)3/h6-7,12-13H,4-5,8-11H2,1-3H3,(H,25,27). The van der Waals surface area contributed by atoms with Gasteiger partial charge in [0.15, 0.2) is 0 Å². The fourth-order valence-electron chi connectivity index (χ4n) is 3.32. The molecule has 2 aromatic rings. The van der Waals surface area contributed by atoms with Gasteiger partial charge in [-0.05, 0) is 45.4 Å². The van der Waals surface area contributed by atoms with Crippen LogP contribution in [-0.4, -0.2) is 40.0 Å². The van der Waals surface area contributed by atoms with Crippen molar-refractivity contribution in [1.82, 2.24) is 9.88 Å². The number of nitrogens with one attached hydrogen (secondary N) is 1. The highest BCUT2D eigenvalue weighted by atomic mass is 127. The van der Waals surface area contributed by atoms with Crippen LogP contribution in [0.25, 0.3) is 10.9 Å². The third-order valence-corrected chi connectivity index (χ3v) is 5.56. The summed E-state index contributed by atoms with van der Waals surface area (Å²) >= 11 is 2.38. The highest BCUT2D eigenvalue weighted by Crippen LogP contribution is 2.35. The Morgan fingerprint density at radius 2 is 2.04 bits per heavy atom. The summed E-state index contributed by atoms with van der Waals surface area (Å²) in [6.07, 6.45) is -2.64. The zero-order valence-corrected chi connectivity index (χ0v) is 18.5. The van der Waals surface area contributed by atoms with Crippen molar-refractivity contribution < 1.29 is 17.9 Å². The zero-order chi connectivity index (χ0) is 20.9. The Morgan fingerprint density at radius 1 is 1.32 bits per heavy atom. The summed E-state index contributed by atoms with van der Waals surface area (Å²) in [5, 5.41) is -0.0262. The summed E-state index contributed by atoms with van der Waals surface area (Å²) in [4.78, 5) is 16.6. The Morgan fingerprint density at radius 3 is 2.64 bits per heavy atom. The molecule has 28 heavy (non-hydrogen) atoms. The van der Waals surface area contributed by atoms with E-state index in [0.29, 0.717) is 30.0 Å². The largest absolute Gasteiger partial charge is 0.493 e. The van der Waals surface area contributed by atoms with Gasteiger partial charge in [0.2, 0.25) is 5.56 Å². The molecule has 1 atom stereocenters. The summed E-state index contributed by atoms with van der Waals surface area (Å²) in [6.45, 7) is 8.33. The smallest absolute Gasteiger partial charge is 0.417 e. The van der Waals surface area contributed by atoms with Crippen molar-refractivity contribution in [3.05, 3.63) is 39.7 Å². The third-order valence-electron chi connectivity index (χ3n) is 4.94. The minimum absolute atomic E-state index is 0.0262. The molecule has 1 N–H and O–H groups in total. The van der Waals surface area contributed by atoms with E-state index in [0.717, 1.165) is 30.4 Å². The number of pyridine rings is 1. The predicted octanol–water partition coefficient (Wildman–Crippen LogP) is 5.16. The summed E-state index contributed by atoms with van der Waals surface area (Å²) in [6, 6.07) is 4.01. The summed E-state index contributed by atoms with van der Waals surface area (Å²) in [5.41, 5.74) is -1.03. The number of aryl methyl sites for hydroxylation is 1. The molecular weight excluding hydrogens is 484 g/mol. The van der Waals surface area contributed by atoms with Crippen LogP contribution in [-0.2, 0) is 6.18 Å². The fraction of sp³-hybridized carbons (Fsp3) is 0.550. The normalized spacial score (nSPS) is 13.3. The first-order valence-corrected chi connectivity index (χ1v) is 10.9. The number of aromatic amines is 1. The first kappa shape index (κ1) is 23.0. The number of H-pyrrole nitrogens is 1. The maximum absolute atomic E-state index is 13.2. The second-order valence-corrected chi connectivity index (χ2v) is 7.89. The van der Waals surface area contributed by atoms with E-state index in [1.165, 1.54) is 6.07 Å². The molecule has 1 heterocycles. The van der Waals surface area contributed by atoms with E-state index in [1.54, 1.807) is 13.0 Å². The van der Waals surface area contributed by atoms with Crippen molar-refractivity contribution in [3.63, 3.8) is 0 Å². The van der Waals surface area contributed by atoms with Gasteiger partial charge in [0.1, 0.15) is 5.75 Å². The van der Waals surface area contributed by atoms with E-state index in [2.05, 4.69) is 46.3 Å². The van der Waals surface area contributed by atoms with Crippen LogP contribution in [0, 0.1) is 6.92 Å². The van der Waals surface area contributed by atoms with E-state index in [1.807, 2.05) is 0 Å². The second kappa shape index (κ2) is 9.96. The lowest BCUT2D eigenvalue weighted by atomic mass is 10.0. The number of fused-ring (bicyclic) bond motifs is 1. The van der Waals surface area contributed by atoms with Crippen LogP contribution in [0.4, 0.5) is 13.2 Å². The third kappa shape index (κ3) is 5.62. The summed E-state index contributed by atoms with van der Waals surface area (Å²) in [5.74, 6) is 0.492. The lowest BCUT2D eigenvalue weighted by molar-refractivity contribution is -0.136. The van der Waals surface area contributed by atoms with Gasteiger partial charge in [-0.15, -0.1) is 0 Å². The number of alkyl halides is 4. The predicted molar refractivity (Wildman–Crippen MR) is 115 cm³/mol. The second-order valence-electron chi connectivity index (χ2n) is 6.81. The van der Waals surface area contributed by atoms with Crippen LogP contribution in [0.2, 0.25) is 0 Å². The molecule has 0 spiro atoms. The zero-order valence-electron chi connectivity index (χ0n) is 16.3. The molecule has 0 radical (unpaired) electrons. The van der Waals surface area contributed by atoms with Gasteiger partial charge in [0, 0.05) is 34.0 Å². The van der Waals surface area contributed by atoms with Crippen LogP contribution in [0.1, 0.15) is 37.8 Å². The average Bonchev–Trinajstić information content (AvgIpc) is 2.62. The molecule has 0 amide bonds. The number of hydrogen-bond donors (Lipinski definition) is 1. The number of benzene rings is 1. The van der Waals surface area contributed by atoms with E-state index in [-0.39, 0.29) is 10.9 Å². The minimum Gasteiger partial charge on any atom is -0.493 e. The molecule has 4 nitrogen and oxygen atoms in total. The van der Waals surface area contributed by atoms with E-state index in [4.69, 9.17) is 4.74 Å². The van der Waals surface area contributed by atoms with Gasteiger partial charge in [0.25, 0.3) is 0 Å². The van der Waals surface area contributed by atoms with E-state index < -0.39 is 17.3 Å². The maximum atomic E-state index is 13.2. The molecule has 0 saturated heterocycles. The molecule has 1 aromatic heterocycles. The molecule has 0 aliphatic carbocycles. The Balaban J connectivity index is 2.12. The minimum atomic E-state index is -4.58. The number of rotatable bonds is 9. The number of nitrogens with zero attached hydrogens (tertiary/aromatic N) is 1. The van der Waals surface area contributed by atoms with Gasteiger partial charge >= 0.3 is 6.18 Å². The quantitative estimate of drug-likeness (QED) is 0.288. The van der Waals surface area contributed by atoms with Crippen LogP contribution < -0.4 is 10.3 Å². The van der Waals surface area contributed by atoms with Crippen LogP contribution in [0.15, 0.2) is 23.0 Å². The van der Waals surface area contributed by atoms with Gasteiger partial charge in [0.05, 0.1) is 17.7 Å². The number of hydrogen-bond acceptors (Lipinski definition) is 3. The molecule has 0 saturated carbocycles. The van der Waals surface area contributed by atoms with Crippen molar-refractivity contribution in [3.8, 4) is 5.75 Å². The van der Waals surface area contributed by atoms with Crippen molar-refractivity contribution in [2.24, 2.45) is 0 Å². The molecule has 1 aromatic carbocycles. The van der Waals surface area contributed by atoms with Crippen molar-refractivity contribution in [1.29, 1.82) is 0 Å². The van der Waals surface area contributed by atoms with Gasteiger partial charge in [-0.25, -0.2) is 0 Å². The molecule has 0 aliphatic heterocycles. The maximum Gasteiger partial charge on any atom is 0.417 e. The van der Waals surface area contributed by atoms with Gasteiger partial charge in [-0.3, -0.25) is 4.79 Å². The Kier molecular flexibility index (Phi) is 8.18. The molecule has 1 unspecified atom stereocenters. The highest BCUT2D eigenvalue weighted by Gasteiger charge is 2.33. The van der Waals surface area contributed by atoms with Crippen LogP contribution in [0.3, 0.4) is 0 Å². The Bertz CT molecular complexity index is 852. The monoisotopic (exact) mass is 510 g/mol. The fourth-order valence-corrected chi connectivity index (χ4v) is 4.22. The lowest BCUT2D eigenvalue weighted by Gasteiger charge is -2.27. The average molecular weight is 510 g/mol. The van der Waals surface area contributed by atoms with E-state index >= 15 is 0 Å². The highest BCUT2D eigenvalue weighted by molar-refractivity contribution is 14.1. The number of ether oxygens (including phenoxy) is 1. The van der Waals surface area contributed by atoms with Gasteiger partial charge in [-0.1, -0.05) is 29.5 Å². The Hall–Kier alpha value is -1.29. The molecule has 156 valence electrons. The molecule has 0 aliphatic rings. The summed E-state index contributed by atoms with van der Waals surface area (Å²) < 4.78 is 46.6. The molecule has 0 fully saturated rings. The van der Waals surface area contributed by atoms with Gasteiger partial charge < -0.3 is 14.6 Å². The van der Waals surface area contributed by atoms with Crippen molar-refractivity contribution >= 4 is 33.5 Å². The van der Waals surface area contributed by atoms with Crippen molar-refractivity contribution in [2.45, 2.75) is 45.8 Å². The molecule has 0 bridgehead atoms. The van der Waals surface area contributed by atoms with E-state index in [9.17, 15) is 18.0 Å². The molecular formula is C20H26F3IN2O2. The van der Waals surface area contributed by atoms with Gasteiger partial charge in [-0.2, -0.15) is 13.2 Å². The summed E-state index contributed by atoms with van der Waals surface area (Å²) in [7, 11) is 0. The Labute approximate surface area is 176 Å². The lowest BCUT2D eigenvalue weighted by Crippen LogP contribution is -2.34. The molecule has 8 heteroatoms. The van der Waals surface area contributed by atoms with Crippen molar-refractivity contribution in [2.75, 3.05) is 24.1 Å². The first-order chi connectivity index (χ1) is 13.2. The number of aromatic nitrogens is 1.